The molecule has 0 bridgehead atoms. The molecule has 120 valence electrons. The number of aliphatic hydroxyl groups is 1. The number of nitrogens with one attached hydrogen (secondary N) is 1. The zero-order valence-electron chi connectivity index (χ0n) is 12.8. The molecule has 1 atom stereocenters. The van der Waals surface area contributed by atoms with Gasteiger partial charge in [0.2, 0.25) is 0 Å². The lowest BCUT2D eigenvalue weighted by molar-refractivity contribution is -0.144. The molecule has 1 aliphatic rings. The number of aliphatic hydroxyl groups excluding tert-OH is 1. The molecule has 1 heterocycles. The van der Waals surface area contributed by atoms with E-state index >= 15 is 0 Å². The van der Waals surface area contributed by atoms with E-state index < -0.39 is 23.7 Å². The molecule has 1 aliphatic heterocycles. The fourth-order valence-electron chi connectivity index (χ4n) is 2.63. The fraction of sp³-hybridized carbons (Fsp3) is 0.500. The van der Waals surface area contributed by atoms with Crippen molar-refractivity contribution in [1.29, 1.82) is 0 Å². The number of hydrogen-bond acceptors (Lipinski definition) is 3. The number of nitrogens with zero attached hydrogens (tertiary/aromatic N) is 1. The molecular weight excluding hydrogens is 287 g/mol. The summed E-state index contributed by atoms with van der Waals surface area (Å²) in [6.07, 6.45) is 0.951. The van der Waals surface area contributed by atoms with Crippen molar-refractivity contribution in [3.8, 4) is 0 Å². The summed E-state index contributed by atoms with van der Waals surface area (Å²) >= 11 is 0. The number of carbonyl (C=O) groups is 2. The van der Waals surface area contributed by atoms with Gasteiger partial charge in [-0.1, -0.05) is 6.07 Å². The zero-order valence-corrected chi connectivity index (χ0v) is 12.8. The normalized spacial score (nSPS) is 17.2. The molecule has 0 saturated carbocycles. The van der Waals surface area contributed by atoms with Crippen LogP contribution in [0.3, 0.4) is 0 Å². The van der Waals surface area contributed by atoms with Gasteiger partial charge in [0.05, 0.1) is 6.10 Å². The highest BCUT2D eigenvalue weighted by Crippen LogP contribution is 2.21. The Morgan fingerprint density at radius 3 is 2.59 bits per heavy atom. The summed E-state index contributed by atoms with van der Waals surface area (Å²) < 4.78 is 13.2. The average molecular weight is 308 g/mol. The lowest BCUT2D eigenvalue weighted by atomic mass is 9.92. The van der Waals surface area contributed by atoms with Gasteiger partial charge < -0.3 is 15.3 Å². The van der Waals surface area contributed by atoms with Gasteiger partial charge in [-0.05, 0) is 50.3 Å². The lowest BCUT2D eigenvalue weighted by Crippen LogP contribution is -2.45. The molecule has 5 nitrogen and oxygen atoms in total. The van der Waals surface area contributed by atoms with Crippen molar-refractivity contribution in [1.82, 2.24) is 4.90 Å². The zero-order chi connectivity index (χ0) is 16.3. The maximum atomic E-state index is 13.2. The van der Waals surface area contributed by atoms with Crippen LogP contribution in [0.2, 0.25) is 0 Å². The predicted molar refractivity (Wildman–Crippen MR) is 80.8 cm³/mol. The standard InChI is InChI=1S/C16H21FN2O3/c1-10-3-4-13(17)9-14(10)18-15(21)16(22)19-7-5-12(6-8-19)11(2)20/h3-4,9,11-12,20H,5-8H2,1-2H3,(H,18,21). The van der Waals surface area contributed by atoms with Crippen molar-refractivity contribution in [2.45, 2.75) is 32.8 Å². The van der Waals surface area contributed by atoms with Gasteiger partial charge in [0.1, 0.15) is 5.82 Å². The first-order valence-corrected chi connectivity index (χ1v) is 7.43. The van der Waals surface area contributed by atoms with Gasteiger partial charge in [-0.25, -0.2) is 4.39 Å². The van der Waals surface area contributed by atoms with Crippen LogP contribution in [0, 0.1) is 18.7 Å². The van der Waals surface area contributed by atoms with E-state index in [-0.39, 0.29) is 5.92 Å². The van der Waals surface area contributed by atoms with E-state index in [0.29, 0.717) is 37.2 Å². The van der Waals surface area contributed by atoms with Crippen molar-refractivity contribution in [2.24, 2.45) is 5.92 Å². The van der Waals surface area contributed by atoms with Crippen LogP contribution in [0.4, 0.5) is 10.1 Å². The number of hydrogen-bond donors (Lipinski definition) is 2. The number of benzene rings is 1. The first kappa shape index (κ1) is 16.4. The van der Waals surface area contributed by atoms with Crippen LogP contribution in [0.25, 0.3) is 0 Å². The van der Waals surface area contributed by atoms with Gasteiger partial charge in [-0.3, -0.25) is 9.59 Å². The van der Waals surface area contributed by atoms with Crippen LogP contribution in [-0.2, 0) is 9.59 Å². The molecule has 1 fully saturated rings. The van der Waals surface area contributed by atoms with Crippen molar-refractivity contribution in [3.05, 3.63) is 29.6 Å². The number of carbonyl (C=O) groups excluding carboxylic acids is 2. The third-order valence-electron chi connectivity index (χ3n) is 4.15. The second kappa shape index (κ2) is 6.87. The van der Waals surface area contributed by atoms with E-state index in [4.69, 9.17) is 0 Å². The molecule has 1 aromatic rings. The quantitative estimate of drug-likeness (QED) is 0.817. The predicted octanol–water partition coefficient (Wildman–Crippen LogP) is 1.69. The second-order valence-electron chi connectivity index (χ2n) is 5.78. The molecule has 6 heteroatoms. The van der Waals surface area contributed by atoms with E-state index in [0.717, 1.165) is 0 Å². The molecule has 0 spiro atoms. The number of aryl methyl sites for hydroxylation is 1. The summed E-state index contributed by atoms with van der Waals surface area (Å²) in [7, 11) is 0. The molecule has 2 N–H and O–H groups in total. The Kier molecular flexibility index (Phi) is 5.13. The maximum Gasteiger partial charge on any atom is 0.313 e. The number of likely N-dealkylation sites (tertiary alicyclic amines) is 1. The monoisotopic (exact) mass is 308 g/mol. The Labute approximate surface area is 129 Å². The minimum absolute atomic E-state index is 0.164. The summed E-state index contributed by atoms with van der Waals surface area (Å²) in [6, 6.07) is 4.04. The molecule has 1 saturated heterocycles. The van der Waals surface area contributed by atoms with Gasteiger partial charge in [0.15, 0.2) is 0 Å². The highest BCUT2D eigenvalue weighted by atomic mass is 19.1. The Morgan fingerprint density at radius 1 is 1.36 bits per heavy atom. The Balaban J connectivity index is 1.96. The third-order valence-corrected chi connectivity index (χ3v) is 4.15. The number of rotatable bonds is 2. The van der Waals surface area contributed by atoms with E-state index in [9.17, 15) is 19.1 Å². The Morgan fingerprint density at radius 2 is 2.00 bits per heavy atom. The molecule has 2 amide bonds. The number of piperidine rings is 1. The Hall–Kier alpha value is -1.95. The summed E-state index contributed by atoms with van der Waals surface area (Å²) in [5.41, 5.74) is 0.993. The lowest BCUT2D eigenvalue weighted by Gasteiger charge is -2.32. The SMILES string of the molecule is Cc1ccc(F)cc1NC(=O)C(=O)N1CCC(C(C)O)CC1. The van der Waals surface area contributed by atoms with E-state index in [1.165, 1.54) is 17.0 Å². The van der Waals surface area contributed by atoms with Crippen LogP contribution < -0.4 is 5.32 Å². The molecule has 0 aliphatic carbocycles. The van der Waals surface area contributed by atoms with Crippen molar-refractivity contribution >= 4 is 17.5 Å². The van der Waals surface area contributed by atoms with Gasteiger partial charge in [0.25, 0.3) is 0 Å². The first-order valence-electron chi connectivity index (χ1n) is 7.43. The molecule has 22 heavy (non-hydrogen) atoms. The third kappa shape index (κ3) is 3.82. The van der Waals surface area contributed by atoms with Gasteiger partial charge in [0, 0.05) is 18.8 Å². The van der Waals surface area contributed by atoms with Crippen molar-refractivity contribution < 1.29 is 19.1 Å². The van der Waals surface area contributed by atoms with Crippen LogP contribution in [-0.4, -0.2) is 41.0 Å². The van der Waals surface area contributed by atoms with E-state index in [1.54, 1.807) is 19.9 Å². The van der Waals surface area contributed by atoms with Crippen LogP contribution in [0.5, 0.6) is 0 Å². The molecule has 0 aromatic heterocycles. The summed E-state index contributed by atoms with van der Waals surface area (Å²) in [6.45, 7) is 4.36. The smallest absolute Gasteiger partial charge is 0.313 e. The van der Waals surface area contributed by atoms with E-state index in [2.05, 4.69) is 5.32 Å². The highest BCUT2D eigenvalue weighted by Gasteiger charge is 2.28. The minimum atomic E-state index is -0.760. The van der Waals surface area contributed by atoms with Crippen molar-refractivity contribution in [2.75, 3.05) is 18.4 Å². The maximum absolute atomic E-state index is 13.2. The molecule has 0 radical (unpaired) electrons. The molecule has 1 unspecified atom stereocenters. The average Bonchev–Trinajstić information content (AvgIpc) is 2.50. The number of anilines is 1. The number of halogens is 1. The van der Waals surface area contributed by atoms with Crippen LogP contribution >= 0.6 is 0 Å². The van der Waals surface area contributed by atoms with E-state index in [1.807, 2.05) is 0 Å². The van der Waals surface area contributed by atoms with Crippen LogP contribution in [0.15, 0.2) is 18.2 Å². The highest BCUT2D eigenvalue weighted by molar-refractivity contribution is 6.39. The van der Waals surface area contributed by atoms with Crippen molar-refractivity contribution in [3.63, 3.8) is 0 Å². The van der Waals surface area contributed by atoms with Crippen LogP contribution in [0.1, 0.15) is 25.3 Å². The summed E-state index contributed by atoms with van der Waals surface area (Å²) in [5.74, 6) is -1.68. The summed E-state index contributed by atoms with van der Waals surface area (Å²) in [4.78, 5) is 25.6. The second-order valence-corrected chi connectivity index (χ2v) is 5.78. The molecular formula is C16H21FN2O3. The van der Waals surface area contributed by atoms with Gasteiger partial charge >= 0.3 is 11.8 Å². The molecule has 2 rings (SSSR count). The molecule has 1 aromatic carbocycles. The summed E-state index contributed by atoms with van der Waals surface area (Å²) in [5, 5.41) is 12.0. The number of amides is 2. The minimum Gasteiger partial charge on any atom is -0.393 e. The topological polar surface area (TPSA) is 69.6 Å². The van der Waals surface area contributed by atoms with Gasteiger partial charge in [-0.2, -0.15) is 0 Å². The largest absolute Gasteiger partial charge is 0.393 e. The Bertz CT molecular complexity index is 567. The van der Waals surface area contributed by atoms with Gasteiger partial charge in [-0.15, -0.1) is 0 Å². The first-order chi connectivity index (χ1) is 10.4. The fourth-order valence-corrected chi connectivity index (χ4v) is 2.63.